The number of amides is 2. The predicted molar refractivity (Wildman–Crippen MR) is 138 cm³/mol. The third kappa shape index (κ3) is 5.56. The van der Waals surface area contributed by atoms with Crippen LogP contribution in [-0.2, 0) is 21.4 Å². The van der Waals surface area contributed by atoms with E-state index in [9.17, 15) is 9.59 Å². The third-order valence-corrected chi connectivity index (χ3v) is 7.52. The monoisotopic (exact) mass is 509 g/mol. The summed E-state index contributed by atoms with van der Waals surface area (Å²) in [5.41, 5.74) is 2.71. The van der Waals surface area contributed by atoms with Crippen LogP contribution in [0.1, 0.15) is 47.4 Å². The van der Waals surface area contributed by atoms with Crippen molar-refractivity contribution in [1.82, 2.24) is 25.3 Å². The maximum Gasteiger partial charge on any atom is 0.268 e. The molecular formula is C27H32ClN5O3. The van der Waals surface area contributed by atoms with Crippen LogP contribution in [0.4, 0.5) is 0 Å². The van der Waals surface area contributed by atoms with Crippen molar-refractivity contribution in [3.05, 3.63) is 70.6 Å². The first-order chi connectivity index (χ1) is 17.5. The molecule has 2 aliphatic rings. The van der Waals surface area contributed by atoms with Gasteiger partial charge in [-0.3, -0.25) is 14.0 Å². The van der Waals surface area contributed by atoms with E-state index in [1.54, 1.807) is 16.7 Å². The first-order valence-electron chi connectivity index (χ1n) is 12.6. The average Bonchev–Trinajstić information content (AvgIpc) is 3.31. The first kappa shape index (κ1) is 24.7. The number of hydrogen-bond acceptors (Lipinski definition) is 5. The van der Waals surface area contributed by atoms with Gasteiger partial charge in [0.15, 0.2) is 0 Å². The van der Waals surface area contributed by atoms with Gasteiger partial charge in [-0.15, -0.1) is 0 Å². The Morgan fingerprint density at radius 2 is 1.97 bits per heavy atom. The van der Waals surface area contributed by atoms with Crippen LogP contribution in [0.3, 0.4) is 0 Å². The molecule has 8 nitrogen and oxygen atoms in total. The molecule has 3 aromatic rings. The highest BCUT2D eigenvalue weighted by Crippen LogP contribution is 2.35. The Balaban J connectivity index is 1.29. The van der Waals surface area contributed by atoms with E-state index in [4.69, 9.17) is 16.3 Å². The van der Waals surface area contributed by atoms with Crippen molar-refractivity contribution in [1.29, 1.82) is 0 Å². The fourth-order valence-corrected chi connectivity index (χ4v) is 5.35. The minimum absolute atomic E-state index is 0.0532. The van der Waals surface area contributed by atoms with Crippen LogP contribution in [0.15, 0.2) is 48.7 Å². The second kappa shape index (κ2) is 11.0. The lowest BCUT2D eigenvalue weighted by molar-refractivity contribution is -0.121. The van der Waals surface area contributed by atoms with E-state index in [1.165, 1.54) is 0 Å². The van der Waals surface area contributed by atoms with Crippen LogP contribution in [0.2, 0.25) is 5.02 Å². The number of pyridine rings is 1. The zero-order chi connectivity index (χ0) is 25.0. The molecule has 0 saturated carbocycles. The number of ether oxygens (including phenoxy) is 1. The lowest BCUT2D eigenvalue weighted by atomic mass is 9.74. The second-order valence-electron chi connectivity index (χ2n) is 9.74. The molecule has 0 radical (unpaired) electrons. The number of halogens is 1. The highest BCUT2D eigenvalue weighted by Gasteiger charge is 2.35. The van der Waals surface area contributed by atoms with Crippen LogP contribution in [0.25, 0.3) is 5.65 Å². The summed E-state index contributed by atoms with van der Waals surface area (Å²) in [6, 6.07) is 13.5. The minimum Gasteiger partial charge on any atom is -0.381 e. The molecule has 3 N–H and O–H groups in total. The van der Waals surface area contributed by atoms with Crippen molar-refractivity contribution in [2.24, 2.45) is 0 Å². The maximum atomic E-state index is 13.3. The van der Waals surface area contributed by atoms with E-state index < -0.39 is 0 Å². The number of nitrogens with one attached hydrogen (secondary N) is 3. The molecule has 0 bridgehead atoms. The molecule has 0 unspecified atom stereocenters. The van der Waals surface area contributed by atoms with Crippen molar-refractivity contribution in [2.45, 2.75) is 43.6 Å². The molecule has 2 amide bonds. The van der Waals surface area contributed by atoms with Gasteiger partial charge in [-0.05, 0) is 62.1 Å². The lowest BCUT2D eigenvalue weighted by Gasteiger charge is -2.38. The lowest BCUT2D eigenvalue weighted by Crippen LogP contribution is -2.46. The highest BCUT2D eigenvalue weighted by atomic mass is 35.5. The van der Waals surface area contributed by atoms with Crippen molar-refractivity contribution < 1.29 is 14.3 Å². The molecule has 0 spiro atoms. The van der Waals surface area contributed by atoms with Crippen LogP contribution >= 0.6 is 11.6 Å². The SMILES string of the molecule is O=C(Cc1cn2c(C(=O)NCC3(c4ccc(Cl)cc4)CCOCC3)cccc2n1)N[C@@H]1CCCNC1. The average molecular weight is 510 g/mol. The van der Waals surface area contributed by atoms with Gasteiger partial charge in [0.1, 0.15) is 11.3 Å². The predicted octanol–water partition coefficient (Wildman–Crippen LogP) is 2.88. The van der Waals surface area contributed by atoms with Crippen LogP contribution < -0.4 is 16.0 Å². The van der Waals surface area contributed by atoms with Gasteiger partial charge in [-0.1, -0.05) is 29.8 Å². The molecule has 2 aliphatic heterocycles. The Hall–Kier alpha value is -2.94. The normalized spacial score (nSPS) is 19.6. The fourth-order valence-electron chi connectivity index (χ4n) is 5.22. The molecule has 5 rings (SSSR count). The quantitative estimate of drug-likeness (QED) is 0.455. The zero-order valence-corrected chi connectivity index (χ0v) is 21.0. The molecule has 1 atom stereocenters. The van der Waals surface area contributed by atoms with Crippen LogP contribution in [-0.4, -0.2) is 60.1 Å². The van der Waals surface area contributed by atoms with Crippen molar-refractivity contribution in [3.8, 4) is 0 Å². The summed E-state index contributed by atoms with van der Waals surface area (Å²) in [5, 5.41) is 10.2. The minimum atomic E-state index is -0.210. The van der Waals surface area contributed by atoms with E-state index >= 15 is 0 Å². The summed E-state index contributed by atoms with van der Waals surface area (Å²) >= 11 is 6.11. The Morgan fingerprint density at radius 1 is 1.17 bits per heavy atom. The first-order valence-corrected chi connectivity index (χ1v) is 13.0. The van der Waals surface area contributed by atoms with Crippen LogP contribution in [0.5, 0.6) is 0 Å². The molecular weight excluding hydrogens is 478 g/mol. The highest BCUT2D eigenvalue weighted by molar-refractivity contribution is 6.30. The van der Waals surface area contributed by atoms with Gasteiger partial charge in [0, 0.05) is 49.0 Å². The number of carbonyl (C=O) groups is 2. The summed E-state index contributed by atoms with van der Waals surface area (Å²) < 4.78 is 7.38. The molecule has 36 heavy (non-hydrogen) atoms. The van der Waals surface area contributed by atoms with Crippen molar-refractivity contribution in [2.75, 3.05) is 32.8 Å². The number of nitrogens with zero attached hydrogens (tertiary/aromatic N) is 2. The number of imidazole rings is 1. The molecule has 9 heteroatoms. The van der Waals surface area contributed by atoms with Gasteiger partial charge in [-0.25, -0.2) is 4.98 Å². The molecule has 0 aliphatic carbocycles. The van der Waals surface area contributed by atoms with E-state index in [-0.39, 0.29) is 29.7 Å². The van der Waals surface area contributed by atoms with Gasteiger partial charge in [0.25, 0.3) is 5.91 Å². The summed E-state index contributed by atoms with van der Waals surface area (Å²) in [4.78, 5) is 30.5. The number of rotatable bonds is 7. The largest absolute Gasteiger partial charge is 0.381 e. The Kier molecular flexibility index (Phi) is 7.55. The number of piperidine rings is 1. The molecule has 4 heterocycles. The van der Waals surface area contributed by atoms with Gasteiger partial charge in [-0.2, -0.15) is 0 Å². The Labute approximate surface area is 215 Å². The number of fused-ring (bicyclic) bond motifs is 1. The van der Waals surface area contributed by atoms with Crippen molar-refractivity contribution in [3.63, 3.8) is 0 Å². The Morgan fingerprint density at radius 3 is 2.72 bits per heavy atom. The number of carbonyl (C=O) groups excluding carboxylic acids is 2. The molecule has 2 fully saturated rings. The third-order valence-electron chi connectivity index (χ3n) is 7.27. The van der Waals surface area contributed by atoms with E-state index in [0.29, 0.717) is 41.8 Å². The summed E-state index contributed by atoms with van der Waals surface area (Å²) in [5.74, 6) is -0.232. The Bertz CT molecular complexity index is 1210. The smallest absolute Gasteiger partial charge is 0.268 e. The molecule has 190 valence electrons. The van der Waals surface area contributed by atoms with E-state index in [2.05, 4.69) is 20.9 Å². The summed E-state index contributed by atoms with van der Waals surface area (Å²) in [7, 11) is 0. The van der Waals surface area contributed by atoms with E-state index in [1.807, 2.05) is 36.4 Å². The molecule has 1 aromatic carbocycles. The summed E-state index contributed by atoms with van der Waals surface area (Å²) in [6.45, 7) is 3.59. The van der Waals surface area contributed by atoms with Crippen molar-refractivity contribution >= 4 is 29.1 Å². The number of hydrogen-bond donors (Lipinski definition) is 3. The summed E-state index contributed by atoms with van der Waals surface area (Å²) in [6.07, 6.45) is 5.65. The molecule has 2 saturated heterocycles. The zero-order valence-electron chi connectivity index (χ0n) is 20.3. The van der Waals surface area contributed by atoms with Gasteiger partial charge in [0.05, 0.1) is 12.1 Å². The van der Waals surface area contributed by atoms with E-state index in [0.717, 1.165) is 44.3 Å². The molecule has 2 aromatic heterocycles. The van der Waals surface area contributed by atoms with Gasteiger partial charge >= 0.3 is 0 Å². The van der Waals surface area contributed by atoms with Crippen LogP contribution in [0, 0.1) is 0 Å². The maximum absolute atomic E-state index is 13.3. The van der Waals surface area contributed by atoms with Gasteiger partial charge in [0.2, 0.25) is 5.91 Å². The van der Waals surface area contributed by atoms with Gasteiger partial charge < -0.3 is 20.7 Å². The number of aromatic nitrogens is 2. The standard InChI is InChI=1S/C27H32ClN5O3/c28-20-8-6-19(7-9-20)27(10-13-36-14-11-27)18-30-26(35)23-4-1-5-24-31-22(17-33(23)24)15-25(34)32-21-3-2-12-29-16-21/h1,4-9,17,21,29H,2-3,10-16,18H2,(H,30,35)(H,32,34)/t21-/m1/s1. The topological polar surface area (TPSA) is 96.8 Å². The fraction of sp³-hybridized carbons (Fsp3) is 0.444. The second-order valence-corrected chi connectivity index (χ2v) is 10.2. The number of benzene rings is 1.